The number of aliphatic hydroxyl groups excluding tert-OH is 1. The molecule has 0 radical (unpaired) electrons. The van der Waals surface area contributed by atoms with Gasteiger partial charge in [0.05, 0.1) is 6.61 Å². The summed E-state index contributed by atoms with van der Waals surface area (Å²) in [7, 11) is 0. The normalized spacial score (nSPS) is 11.8. The fourth-order valence-corrected chi connectivity index (χ4v) is 1.46. The first-order valence-corrected chi connectivity index (χ1v) is 5.73. The van der Waals surface area contributed by atoms with Gasteiger partial charge in [0.1, 0.15) is 11.8 Å². The summed E-state index contributed by atoms with van der Waals surface area (Å²) in [6.45, 7) is 2.91. The molecule has 0 aliphatic rings. The quantitative estimate of drug-likeness (QED) is 0.749. The first-order valence-electron chi connectivity index (χ1n) is 5.73. The number of hydrogen-bond acceptors (Lipinski definition) is 4. The van der Waals surface area contributed by atoms with E-state index in [4.69, 9.17) is 15.1 Å². The molecule has 4 nitrogen and oxygen atoms in total. The number of nitrogens with zero attached hydrogens (tertiary/aromatic N) is 1. The fraction of sp³-hybridized carbons (Fsp3) is 0.462. The van der Waals surface area contributed by atoms with Crippen LogP contribution in [0.4, 0.5) is 0 Å². The highest BCUT2D eigenvalue weighted by Gasteiger charge is 2.03. The molecule has 92 valence electrons. The summed E-state index contributed by atoms with van der Waals surface area (Å²) in [5, 5.41) is 20.7. The zero-order valence-electron chi connectivity index (χ0n) is 10.0. The monoisotopic (exact) mass is 234 g/mol. The molecule has 1 aromatic carbocycles. The van der Waals surface area contributed by atoms with Gasteiger partial charge in [-0.25, -0.2) is 0 Å². The number of ether oxygens (including phenoxy) is 1. The van der Waals surface area contributed by atoms with Crippen molar-refractivity contribution < 1.29 is 9.84 Å². The van der Waals surface area contributed by atoms with Crippen molar-refractivity contribution in [1.29, 1.82) is 5.26 Å². The number of hydrogen-bond donors (Lipinski definition) is 2. The highest BCUT2D eigenvalue weighted by atomic mass is 16.5. The van der Waals surface area contributed by atoms with Gasteiger partial charge in [-0.05, 0) is 24.1 Å². The van der Waals surface area contributed by atoms with E-state index in [9.17, 15) is 0 Å². The average Bonchev–Trinajstić information content (AvgIpc) is 2.38. The Morgan fingerprint density at radius 3 is 3.00 bits per heavy atom. The van der Waals surface area contributed by atoms with E-state index in [2.05, 4.69) is 5.32 Å². The van der Waals surface area contributed by atoms with Crippen LogP contribution >= 0.6 is 0 Å². The second-order valence-electron chi connectivity index (χ2n) is 3.76. The summed E-state index contributed by atoms with van der Waals surface area (Å²) in [6, 6.07) is 9.65. The van der Waals surface area contributed by atoms with Crippen LogP contribution in [0.5, 0.6) is 5.75 Å². The first kappa shape index (κ1) is 13.5. The van der Waals surface area contributed by atoms with Crippen molar-refractivity contribution in [2.24, 2.45) is 0 Å². The summed E-state index contributed by atoms with van der Waals surface area (Å²) in [5.74, 6) is 0.697. The molecule has 0 saturated carbocycles. The topological polar surface area (TPSA) is 65.3 Å². The lowest BCUT2D eigenvalue weighted by Gasteiger charge is -2.14. The molecule has 1 aromatic rings. The van der Waals surface area contributed by atoms with Crippen LogP contribution in [-0.4, -0.2) is 24.4 Å². The van der Waals surface area contributed by atoms with Crippen LogP contribution in [0.2, 0.25) is 0 Å². The predicted molar refractivity (Wildman–Crippen MR) is 65.6 cm³/mol. The maximum Gasteiger partial charge on any atom is 0.174 e. The molecular formula is C13H18N2O2. The molecule has 0 saturated heterocycles. The van der Waals surface area contributed by atoms with E-state index in [1.807, 2.05) is 37.3 Å². The average molecular weight is 234 g/mol. The minimum absolute atomic E-state index is 0.0606. The van der Waals surface area contributed by atoms with E-state index < -0.39 is 0 Å². The summed E-state index contributed by atoms with van der Waals surface area (Å²) < 4.78 is 5.22. The molecule has 0 bridgehead atoms. The molecule has 0 unspecified atom stereocenters. The molecule has 0 spiro atoms. The Labute approximate surface area is 102 Å². The maximum atomic E-state index is 9.05. The van der Waals surface area contributed by atoms with Gasteiger partial charge >= 0.3 is 0 Å². The van der Waals surface area contributed by atoms with E-state index >= 15 is 0 Å². The second kappa shape index (κ2) is 7.66. The Morgan fingerprint density at radius 1 is 1.53 bits per heavy atom. The van der Waals surface area contributed by atoms with Crippen molar-refractivity contribution >= 4 is 0 Å². The Bertz CT molecular complexity index is 370. The van der Waals surface area contributed by atoms with Gasteiger partial charge in [-0.2, -0.15) is 5.26 Å². The van der Waals surface area contributed by atoms with Gasteiger partial charge in [-0.15, -0.1) is 0 Å². The molecular weight excluding hydrogens is 216 g/mol. The highest BCUT2D eigenvalue weighted by Crippen LogP contribution is 2.13. The number of nitriles is 1. The Balaban J connectivity index is 2.51. The summed E-state index contributed by atoms with van der Waals surface area (Å²) in [4.78, 5) is 0. The zero-order chi connectivity index (χ0) is 12.5. The van der Waals surface area contributed by atoms with E-state index in [1.165, 1.54) is 0 Å². The molecule has 17 heavy (non-hydrogen) atoms. The highest BCUT2D eigenvalue weighted by molar-refractivity contribution is 5.28. The van der Waals surface area contributed by atoms with Crippen LogP contribution in [-0.2, 0) is 6.54 Å². The molecule has 2 N–H and O–H groups in total. The van der Waals surface area contributed by atoms with Gasteiger partial charge in [-0.3, -0.25) is 0 Å². The van der Waals surface area contributed by atoms with Crippen molar-refractivity contribution in [3.8, 4) is 11.8 Å². The van der Waals surface area contributed by atoms with Crippen molar-refractivity contribution in [3.05, 3.63) is 29.8 Å². The summed E-state index contributed by atoms with van der Waals surface area (Å²) in [6.07, 6.45) is 0.890. The van der Waals surface area contributed by atoms with Gasteiger partial charge < -0.3 is 15.2 Å². The third kappa shape index (κ3) is 4.85. The van der Waals surface area contributed by atoms with Gasteiger partial charge in [0.15, 0.2) is 6.61 Å². The van der Waals surface area contributed by atoms with E-state index in [0.717, 1.165) is 12.0 Å². The Hall–Kier alpha value is -1.57. The van der Waals surface area contributed by atoms with Gasteiger partial charge in [0.2, 0.25) is 0 Å². The van der Waals surface area contributed by atoms with Crippen LogP contribution in [0.3, 0.4) is 0 Å². The number of aliphatic hydroxyl groups is 1. The second-order valence-corrected chi connectivity index (χ2v) is 3.76. The Kier molecular flexibility index (Phi) is 6.08. The molecule has 4 heteroatoms. The van der Waals surface area contributed by atoms with E-state index in [0.29, 0.717) is 12.3 Å². The molecule has 1 rings (SSSR count). The van der Waals surface area contributed by atoms with Crippen LogP contribution in [0.15, 0.2) is 24.3 Å². The van der Waals surface area contributed by atoms with Crippen molar-refractivity contribution in [2.45, 2.75) is 25.9 Å². The van der Waals surface area contributed by atoms with E-state index in [-0.39, 0.29) is 19.3 Å². The van der Waals surface area contributed by atoms with Crippen LogP contribution in [0.25, 0.3) is 0 Å². The lowest BCUT2D eigenvalue weighted by molar-refractivity contribution is 0.238. The van der Waals surface area contributed by atoms with Gasteiger partial charge in [-0.1, -0.05) is 19.1 Å². The summed E-state index contributed by atoms with van der Waals surface area (Å²) >= 11 is 0. The Morgan fingerprint density at radius 2 is 2.35 bits per heavy atom. The minimum Gasteiger partial charge on any atom is -0.479 e. The number of rotatable bonds is 7. The smallest absolute Gasteiger partial charge is 0.174 e. The van der Waals surface area contributed by atoms with E-state index in [1.54, 1.807) is 0 Å². The van der Waals surface area contributed by atoms with Gasteiger partial charge in [0, 0.05) is 12.6 Å². The standard InChI is InChI=1S/C13H18N2O2/c1-2-12(10-16)15-9-11-4-3-5-13(8-11)17-7-6-14/h3-5,8,12,15-16H,2,7,9-10H2,1H3/t12-/m0/s1. The van der Waals surface area contributed by atoms with Crippen LogP contribution in [0.1, 0.15) is 18.9 Å². The van der Waals surface area contributed by atoms with Crippen LogP contribution < -0.4 is 10.1 Å². The fourth-order valence-electron chi connectivity index (χ4n) is 1.46. The first-order chi connectivity index (χ1) is 8.30. The predicted octanol–water partition coefficient (Wildman–Crippen LogP) is 1.45. The number of benzene rings is 1. The molecule has 0 fully saturated rings. The summed E-state index contributed by atoms with van der Waals surface area (Å²) in [5.41, 5.74) is 1.08. The van der Waals surface area contributed by atoms with Crippen LogP contribution in [0, 0.1) is 11.3 Å². The maximum absolute atomic E-state index is 9.05. The largest absolute Gasteiger partial charge is 0.479 e. The molecule has 0 heterocycles. The van der Waals surface area contributed by atoms with Crippen molar-refractivity contribution in [3.63, 3.8) is 0 Å². The zero-order valence-corrected chi connectivity index (χ0v) is 10.0. The lowest BCUT2D eigenvalue weighted by Crippen LogP contribution is -2.31. The van der Waals surface area contributed by atoms with Crippen molar-refractivity contribution in [1.82, 2.24) is 5.32 Å². The molecule has 0 aliphatic carbocycles. The molecule has 0 aliphatic heterocycles. The molecule has 0 amide bonds. The number of nitrogens with one attached hydrogen (secondary N) is 1. The van der Waals surface area contributed by atoms with Crippen molar-refractivity contribution in [2.75, 3.05) is 13.2 Å². The molecule has 1 atom stereocenters. The van der Waals surface area contributed by atoms with Gasteiger partial charge in [0.25, 0.3) is 0 Å². The third-order valence-electron chi connectivity index (χ3n) is 2.51. The minimum atomic E-state index is 0.0606. The SMILES string of the molecule is CC[C@@H](CO)NCc1cccc(OCC#N)c1. The molecule has 0 aromatic heterocycles. The lowest BCUT2D eigenvalue weighted by atomic mass is 10.2. The third-order valence-corrected chi connectivity index (χ3v) is 2.51.